The monoisotopic (exact) mass is 382 g/mol. The van der Waals surface area contributed by atoms with Crippen LogP contribution in [0.2, 0.25) is 0 Å². The lowest BCUT2D eigenvalue weighted by Gasteiger charge is -2.39. The smallest absolute Gasteiger partial charge is 0.471 e. The van der Waals surface area contributed by atoms with Gasteiger partial charge in [-0.15, -0.1) is 0 Å². The van der Waals surface area contributed by atoms with Crippen LogP contribution in [-0.2, 0) is 9.53 Å². The summed E-state index contributed by atoms with van der Waals surface area (Å²) in [5.41, 5.74) is 10.9. The number of nitrogens with two attached hydrogens (primary N) is 2. The zero-order chi connectivity index (χ0) is 20.2. The van der Waals surface area contributed by atoms with Crippen molar-refractivity contribution in [3.8, 4) is 0 Å². The highest BCUT2D eigenvalue weighted by molar-refractivity contribution is 5.82. The van der Waals surface area contributed by atoms with Crippen LogP contribution in [0.4, 0.5) is 13.2 Å². The Morgan fingerprint density at radius 3 is 2.46 bits per heavy atom. The van der Waals surface area contributed by atoms with Crippen molar-refractivity contribution in [3.63, 3.8) is 0 Å². The lowest BCUT2D eigenvalue weighted by Crippen LogP contribution is -2.61. The molecular weight excluding hydrogens is 361 g/mol. The Bertz CT molecular complexity index is 604. The molecule has 1 heterocycles. The molecule has 8 N–H and O–H groups in total. The number of amides is 1. The number of hydrogen-bond donors (Lipinski definition) is 6. The number of ether oxygens (including phenoxy) is 1. The predicted octanol–water partition coefficient (Wildman–Crippen LogP) is -1.75. The first-order chi connectivity index (χ1) is 11.9. The average Bonchev–Trinajstić information content (AvgIpc) is 2.52. The van der Waals surface area contributed by atoms with Gasteiger partial charge in [-0.25, -0.2) is 4.99 Å². The van der Waals surface area contributed by atoms with Crippen LogP contribution in [0.1, 0.15) is 6.92 Å². The van der Waals surface area contributed by atoms with Gasteiger partial charge in [-0.1, -0.05) is 6.58 Å². The first-order valence-corrected chi connectivity index (χ1v) is 7.36. The van der Waals surface area contributed by atoms with Crippen LogP contribution < -0.4 is 16.8 Å². The van der Waals surface area contributed by atoms with Crippen LogP contribution in [0.15, 0.2) is 29.0 Å². The zero-order valence-corrected chi connectivity index (χ0v) is 13.8. The minimum atomic E-state index is -5.22. The number of alkyl halides is 3. The number of halogens is 3. The summed E-state index contributed by atoms with van der Waals surface area (Å²) in [5.74, 6) is -2.76. The Balaban J connectivity index is 3.36. The molecule has 0 aromatic rings. The van der Waals surface area contributed by atoms with E-state index < -0.39 is 55.0 Å². The van der Waals surface area contributed by atoms with E-state index in [0.717, 1.165) is 0 Å². The van der Waals surface area contributed by atoms with Gasteiger partial charge in [0.25, 0.3) is 0 Å². The largest absolute Gasteiger partial charge is 0.485 e. The first kappa shape index (κ1) is 21.7. The third-order valence-electron chi connectivity index (χ3n) is 3.50. The van der Waals surface area contributed by atoms with E-state index in [0.29, 0.717) is 5.57 Å². The third-order valence-corrected chi connectivity index (χ3v) is 3.50. The normalized spacial score (nSPS) is 25.3. The Morgan fingerprint density at radius 2 is 2.04 bits per heavy atom. The number of nitrogens with zero attached hydrogens (tertiary/aromatic N) is 1. The van der Waals surface area contributed by atoms with Gasteiger partial charge in [-0.3, -0.25) is 4.79 Å². The molecule has 0 bridgehead atoms. The van der Waals surface area contributed by atoms with Crippen molar-refractivity contribution in [2.45, 2.75) is 43.5 Å². The van der Waals surface area contributed by atoms with E-state index in [-0.39, 0.29) is 5.76 Å². The van der Waals surface area contributed by atoms with E-state index in [1.165, 1.54) is 13.0 Å². The van der Waals surface area contributed by atoms with Crippen molar-refractivity contribution >= 4 is 11.9 Å². The maximum absolute atomic E-state index is 12.6. The first-order valence-electron chi connectivity index (χ1n) is 7.36. The second-order valence-corrected chi connectivity index (χ2v) is 5.68. The van der Waals surface area contributed by atoms with E-state index in [9.17, 15) is 28.2 Å². The number of nitrogens with one attached hydrogen (secondary N) is 1. The number of guanidine groups is 1. The molecule has 1 aliphatic heterocycles. The number of hydrogen-bond acceptors (Lipinski definition) is 6. The average molecular weight is 382 g/mol. The van der Waals surface area contributed by atoms with Gasteiger partial charge in [0.2, 0.25) is 0 Å². The van der Waals surface area contributed by atoms with Crippen molar-refractivity contribution in [1.82, 2.24) is 5.32 Å². The molecule has 12 heteroatoms. The van der Waals surface area contributed by atoms with Crippen molar-refractivity contribution in [2.24, 2.45) is 16.5 Å². The third kappa shape index (κ3) is 5.34. The fourth-order valence-corrected chi connectivity index (χ4v) is 2.25. The molecule has 0 spiro atoms. The Labute approximate surface area is 146 Å². The summed E-state index contributed by atoms with van der Waals surface area (Å²) in [6, 6.07) is -2.84. The van der Waals surface area contributed by atoms with Gasteiger partial charge in [0, 0.05) is 0 Å². The molecule has 0 unspecified atom stereocenters. The van der Waals surface area contributed by atoms with Gasteiger partial charge in [0.05, 0.1) is 18.7 Å². The van der Waals surface area contributed by atoms with Gasteiger partial charge in [0.15, 0.2) is 5.96 Å². The van der Waals surface area contributed by atoms with E-state index in [1.54, 1.807) is 5.32 Å². The topological polar surface area (TPSA) is 163 Å². The lowest BCUT2D eigenvalue weighted by molar-refractivity contribution is -0.177. The van der Waals surface area contributed by atoms with Crippen molar-refractivity contribution in [3.05, 3.63) is 24.0 Å². The molecule has 26 heavy (non-hydrogen) atoms. The van der Waals surface area contributed by atoms with Crippen LogP contribution >= 0.6 is 0 Å². The molecule has 0 aromatic heterocycles. The predicted molar refractivity (Wildman–Crippen MR) is 84.5 cm³/mol. The number of aliphatic hydroxyl groups is 3. The summed E-state index contributed by atoms with van der Waals surface area (Å²) in [7, 11) is 0. The number of aliphatic hydroxyl groups excluding tert-OH is 3. The van der Waals surface area contributed by atoms with E-state index in [1.807, 2.05) is 0 Å². The van der Waals surface area contributed by atoms with Crippen LogP contribution in [-0.4, -0.2) is 70.4 Å². The molecule has 5 atom stereocenters. The Morgan fingerprint density at radius 1 is 1.46 bits per heavy atom. The van der Waals surface area contributed by atoms with Crippen LogP contribution in [0.25, 0.3) is 0 Å². The lowest BCUT2D eigenvalue weighted by atomic mass is 9.91. The molecule has 0 aliphatic carbocycles. The number of aliphatic imine (C=N–C) groups is 1. The SMILES string of the molecule is C=C(C)C1=C[C@H](N=C(N)N)[C@@H](NC(=O)C(F)(F)F)[C@H]([C@H](O)[C@H](O)CO)O1. The highest BCUT2D eigenvalue weighted by atomic mass is 19.4. The van der Waals surface area contributed by atoms with Gasteiger partial charge < -0.3 is 36.8 Å². The zero-order valence-electron chi connectivity index (χ0n) is 13.8. The number of carbonyl (C=O) groups excluding carboxylic acids is 1. The molecule has 0 fully saturated rings. The quantitative estimate of drug-likeness (QED) is 0.234. The van der Waals surface area contributed by atoms with Crippen molar-refractivity contribution < 1.29 is 38.0 Å². The fraction of sp³-hybridized carbons (Fsp3) is 0.571. The maximum atomic E-state index is 12.6. The second-order valence-electron chi connectivity index (χ2n) is 5.68. The van der Waals surface area contributed by atoms with Crippen LogP contribution in [0, 0.1) is 0 Å². The highest BCUT2D eigenvalue weighted by Crippen LogP contribution is 2.28. The van der Waals surface area contributed by atoms with Gasteiger partial charge in [0.1, 0.15) is 24.1 Å². The van der Waals surface area contributed by atoms with Crippen molar-refractivity contribution in [2.75, 3.05) is 6.61 Å². The Kier molecular flexibility index (Phi) is 7.00. The summed E-state index contributed by atoms with van der Waals surface area (Å²) in [4.78, 5) is 15.1. The summed E-state index contributed by atoms with van der Waals surface area (Å²) >= 11 is 0. The number of carbonyl (C=O) groups is 1. The second kappa shape index (κ2) is 8.38. The van der Waals surface area contributed by atoms with E-state index >= 15 is 0 Å². The molecule has 0 radical (unpaired) electrons. The minimum absolute atomic E-state index is 0.0479. The van der Waals surface area contributed by atoms with E-state index in [4.69, 9.17) is 21.3 Å². The van der Waals surface area contributed by atoms with Gasteiger partial charge in [-0.2, -0.15) is 13.2 Å². The standard InChI is InChI=1S/C14H21F3N4O5/c1-5(2)8-3-6(20-13(18)19)9(21-12(25)14(15,16)17)11(26-8)10(24)7(23)4-22/h3,6-7,9-11,22-24H,1,4H2,2H3,(H,21,25)(H4,18,19,20)/t6-,7+,9+,10+,11+/m0/s1. The molecule has 0 saturated carbocycles. The van der Waals surface area contributed by atoms with Crippen LogP contribution in [0.3, 0.4) is 0 Å². The van der Waals surface area contributed by atoms with Crippen LogP contribution in [0.5, 0.6) is 0 Å². The van der Waals surface area contributed by atoms with Gasteiger partial charge in [-0.05, 0) is 18.6 Å². The summed E-state index contributed by atoms with van der Waals surface area (Å²) in [5, 5.41) is 30.4. The molecule has 1 amide bonds. The van der Waals surface area contributed by atoms with Crippen molar-refractivity contribution in [1.29, 1.82) is 0 Å². The minimum Gasteiger partial charge on any atom is -0.485 e. The molecule has 0 saturated heterocycles. The van der Waals surface area contributed by atoms with E-state index in [2.05, 4.69) is 11.6 Å². The summed E-state index contributed by atoms with van der Waals surface area (Å²) in [6.07, 6.45) is -9.22. The maximum Gasteiger partial charge on any atom is 0.471 e. The molecule has 148 valence electrons. The number of allylic oxidation sites excluding steroid dienone is 1. The molecular formula is C14H21F3N4O5. The highest BCUT2D eigenvalue weighted by Gasteiger charge is 2.47. The fourth-order valence-electron chi connectivity index (χ4n) is 2.25. The Hall–Kier alpha value is -2.31. The summed E-state index contributed by atoms with van der Waals surface area (Å²) < 4.78 is 43.3. The molecule has 9 nitrogen and oxygen atoms in total. The van der Waals surface area contributed by atoms with Gasteiger partial charge >= 0.3 is 12.1 Å². The number of rotatable bonds is 6. The summed E-state index contributed by atoms with van der Waals surface area (Å²) in [6.45, 7) is 4.22. The molecule has 1 aliphatic rings. The molecule has 0 aromatic carbocycles. The molecule has 1 rings (SSSR count).